The number of halogens is 1. The molecule has 2 aromatic carbocycles. The summed E-state index contributed by atoms with van der Waals surface area (Å²) in [6.07, 6.45) is 0. The van der Waals surface area contributed by atoms with Crippen molar-refractivity contribution in [1.82, 2.24) is 5.32 Å². The fraction of sp³-hybridized carbons (Fsp3) is 0.235. The largest absolute Gasteiger partial charge is 0.492 e. The van der Waals surface area contributed by atoms with E-state index in [4.69, 9.17) is 4.74 Å². The van der Waals surface area contributed by atoms with Crippen LogP contribution in [0.1, 0.15) is 18.1 Å². The van der Waals surface area contributed by atoms with E-state index in [-0.39, 0.29) is 18.4 Å². The number of ether oxygens (including phenoxy) is 1. The summed E-state index contributed by atoms with van der Waals surface area (Å²) in [4.78, 5) is 11.9. The van der Waals surface area contributed by atoms with Gasteiger partial charge in [-0.05, 0) is 49.2 Å². The topological polar surface area (TPSA) is 50.4 Å². The van der Waals surface area contributed by atoms with E-state index in [1.807, 2.05) is 26.0 Å². The van der Waals surface area contributed by atoms with Crippen molar-refractivity contribution < 1.29 is 13.9 Å². The fourth-order valence-electron chi connectivity index (χ4n) is 2.00. The number of amides is 2. The number of urea groups is 1. The van der Waals surface area contributed by atoms with Crippen molar-refractivity contribution in [3.63, 3.8) is 0 Å². The van der Waals surface area contributed by atoms with E-state index in [1.165, 1.54) is 12.1 Å². The van der Waals surface area contributed by atoms with Gasteiger partial charge in [0.25, 0.3) is 0 Å². The van der Waals surface area contributed by atoms with Crippen LogP contribution in [0.25, 0.3) is 0 Å². The van der Waals surface area contributed by atoms with E-state index in [0.29, 0.717) is 23.6 Å². The summed E-state index contributed by atoms with van der Waals surface area (Å²) in [5.41, 5.74) is 2.35. The van der Waals surface area contributed by atoms with Crippen molar-refractivity contribution in [3.8, 4) is 5.75 Å². The summed E-state index contributed by atoms with van der Waals surface area (Å²) in [5.74, 6) is 0.306. The average Bonchev–Trinajstić information content (AvgIpc) is 2.48. The summed E-state index contributed by atoms with van der Waals surface area (Å²) >= 11 is 0. The molecule has 4 nitrogen and oxygen atoms in total. The predicted octanol–water partition coefficient (Wildman–Crippen LogP) is 3.85. The number of aryl methyl sites for hydroxylation is 1. The van der Waals surface area contributed by atoms with Gasteiger partial charge in [0.2, 0.25) is 0 Å². The normalized spacial score (nSPS) is 10.1. The molecule has 116 valence electrons. The maximum Gasteiger partial charge on any atom is 0.319 e. The van der Waals surface area contributed by atoms with Crippen LogP contribution in [0.5, 0.6) is 5.75 Å². The summed E-state index contributed by atoms with van der Waals surface area (Å²) in [7, 11) is 0. The third-order valence-electron chi connectivity index (χ3n) is 3.03. The Kier molecular flexibility index (Phi) is 5.36. The van der Waals surface area contributed by atoms with Gasteiger partial charge < -0.3 is 15.4 Å². The molecule has 0 bridgehead atoms. The zero-order valence-electron chi connectivity index (χ0n) is 12.7. The standard InChI is InChI=1S/C17H19FN2O2/c1-3-22-16-9-12(2)7-8-15(16)20-17(21)19-11-13-5-4-6-14(18)10-13/h4-10H,3,11H2,1-2H3,(H2,19,20,21). The second-order valence-electron chi connectivity index (χ2n) is 4.87. The Bertz CT molecular complexity index is 659. The quantitative estimate of drug-likeness (QED) is 0.881. The van der Waals surface area contributed by atoms with Crippen molar-refractivity contribution in [2.75, 3.05) is 11.9 Å². The number of anilines is 1. The van der Waals surface area contributed by atoms with E-state index in [1.54, 1.807) is 18.2 Å². The summed E-state index contributed by atoms with van der Waals surface area (Å²) in [6, 6.07) is 11.3. The second-order valence-corrected chi connectivity index (χ2v) is 4.87. The molecule has 0 spiro atoms. The Morgan fingerprint density at radius 2 is 2.05 bits per heavy atom. The van der Waals surface area contributed by atoms with Crippen LogP contribution in [0.4, 0.5) is 14.9 Å². The lowest BCUT2D eigenvalue weighted by Crippen LogP contribution is -2.28. The van der Waals surface area contributed by atoms with Crippen LogP contribution in [0.2, 0.25) is 0 Å². The number of nitrogens with one attached hydrogen (secondary N) is 2. The van der Waals surface area contributed by atoms with Crippen LogP contribution >= 0.6 is 0 Å². The van der Waals surface area contributed by atoms with Gasteiger partial charge in [0, 0.05) is 6.54 Å². The minimum absolute atomic E-state index is 0.249. The first kappa shape index (κ1) is 15.8. The van der Waals surface area contributed by atoms with Crippen molar-refractivity contribution in [3.05, 3.63) is 59.4 Å². The van der Waals surface area contributed by atoms with Gasteiger partial charge in [-0.3, -0.25) is 0 Å². The van der Waals surface area contributed by atoms with Gasteiger partial charge in [-0.1, -0.05) is 18.2 Å². The Hall–Kier alpha value is -2.56. The van der Waals surface area contributed by atoms with E-state index >= 15 is 0 Å². The number of hydrogen-bond acceptors (Lipinski definition) is 2. The first-order valence-electron chi connectivity index (χ1n) is 7.11. The predicted molar refractivity (Wildman–Crippen MR) is 84.6 cm³/mol. The molecule has 0 fully saturated rings. The van der Waals surface area contributed by atoms with Gasteiger partial charge in [0.05, 0.1) is 12.3 Å². The number of carbonyl (C=O) groups excluding carboxylic acids is 1. The molecule has 2 N–H and O–H groups in total. The summed E-state index contributed by atoms with van der Waals surface area (Å²) < 4.78 is 18.6. The smallest absolute Gasteiger partial charge is 0.319 e. The summed E-state index contributed by atoms with van der Waals surface area (Å²) in [6.45, 7) is 4.61. The molecule has 0 aliphatic rings. The number of carbonyl (C=O) groups is 1. The highest BCUT2D eigenvalue weighted by Crippen LogP contribution is 2.25. The van der Waals surface area contributed by atoms with Crippen LogP contribution < -0.4 is 15.4 Å². The van der Waals surface area contributed by atoms with Gasteiger partial charge in [0.1, 0.15) is 11.6 Å². The zero-order valence-corrected chi connectivity index (χ0v) is 12.7. The minimum atomic E-state index is -0.367. The van der Waals surface area contributed by atoms with Crippen LogP contribution in [0, 0.1) is 12.7 Å². The van der Waals surface area contributed by atoms with E-state index in [2.05, 4.69) is 10.6 Å². The highest BCUT2D eigenvalue weighted by atomic mass is 19.1. The van der Waals surface area contributed by atoms with Crippen LogP contribution in [-0.4, -0.2) is 12.6 Å². The molecule has 2 aromatic rings. The van der Waals surface area contributed by atoms with Crippen LogP contribution in [0.3, 0.4) is 0 Å². The molecule has 0 saturated carbocycles. The molecule has 5 heteroatoms. The maximum atomic E-state index is 13.1. The highest BCUT2D eigenvalue weighted by molar-refractivity contribution is 5.90. The van der Waals surface area contributed by atoms with E-state index < -0.39 is 0 Å². The van der Waals surface area contributed by atoms with Crippen molar-refractivity contribution in [2.45, 2.75) is 20.4 Å². The summed E-state index contributed by atoms with van der Waals surface area (Å²) in [5, 5.41) is 5.42. The van der Waals surface area contributed by atoms with Crippen molar-refractivity contribution >= 4 is 11.7 Å². The Balaban J connectivity index is 1.97. The molecule has 0 radical (unpaired) electrons. The van der Waals surface area contributed by atoms with Crippen molar-refractivity contribution in [2.24, 2.45) is 0 Å². The molecule has 0 unspecified atom stereocenters. The number of hydrogen-bond donors (Lipinski definition) is 2. The van der Waals surface area contributed by atoms with Gasteiger partial charge in [-0.15, -0.1) is 0 Å². The SMILES string of the molecule is CCOc1cc(C)ccc1NC(=O)NCc1cccc(F)c1. The minimum Gasteiger partial charge on any atom is -0.492 e. The Labute approximate surface area is 129 Å². The average molecular weight is 302 g/mol. The van der Waals surface area contributed by atoms with Crippen molar-refractivity contribution in [1.29, 1.82) is 0 Å². The first-order valence-corrected chi connectivity index (χ1v) is 7.11. The molecule has 2 amide bonds. The molecule has 0 saturated heterocycles. The molecule has 0 atom stereocenters. The molecule has 0 aliphatic carbocycles. The highest BCUT2D eigenvalue weighted by Gasteiger charge is 2.08. The second kappa shape index (κ2) is 7.45. The van der Waals surface area contributed by atoms with Crippen LogP contribution in [0.15, 0.2) is 42.5 Å². The molecule has 22 heavy (non-hydrogen) atoms. The maximum absolute atomic E-state index is 13.1. The first-order chi connectivity index (χ1) is 10.6. The molecular formula is C17H19FN2O2. The Morgan fingerprint density at radius 3 is 2.77 bits per heavy atom. The lowest BCUT2D eigenvalue weighted by atomic mass is 10.2. The van der Waals surface area contributed by atoms with Crippen LogP contribution in [-0.2, 0) is 6.54 Å². The lowest BCUT2D eigenvalue weighted by Gasteiger charge is -2.13. The van der Waals surface area contributed by atoms with E-state index in [9.17, 15) is 9.18 Å². The van der Waals surface area contributed by atoms with Gasteiger partial charge in [-0.2, -0.15) is 0 Å². The van der Waals surface area contributed by atoms with Gasteiger partial charge in [-0.25, -0.2) is 9.18 Å². The fourth-order valence-corrected chi connectivity index (χ4v) is 2.00. The molecule has 0 aromatic heterocycles. The molecular weight excluding hydrogens is 283 g/mol. The monoisotopic (exact) mass is 302 g/mol. The van der Waals surface area contributed by atoms with Gasteiger partial charge in [0.15, 0.2) is 0 Å². The third kappa shape index (κ3) is 4.48. The third-order valence-corrected chi connectivity index (χ3v) is 3.03. The lowest BCUT2D eigenvalue weighted by molar-refractivity contribution is 0.251. The molecule has 2 rings (SSSR count). The van der Waals surface area contributed by atoms with Gasteiger partial charge >= 0.3 is 6.03 Å². The number of benzene rings is 2. The molecule has 0 heterocycles. The molecule has 0 aliphatic heterocycles. The van der Waals surface area contributed by atoms with E-state index in [0.717, 1.165) is 5.56 Å². The zero-order chi connectivity index (χ0) is 15.9. The Morgan fingerprint density at radius 1 is 1.23 bits per heavy atom. The number of rotatable bonds is 5.